The maximum Gasteiger partial charge on any atom is 0.267 e. The topological polar surface area (TPSA) is 54.9 Å². The summed E-state index contributed by atoms with van der Waals surface area (Å²) < 4.78 is 0. The molecular weight excluding hydrogens is 374 g/mol. The van der Waals surface area contributed by atoms with Gasteiger partial charge in [-0.2, -0.15) is 0 Å². The second-order valence-electron chi connectivity index (χ2n) is 5.39. The van der Waals surface area contributed by atoms with Gasteiger partial charge in [-0.3, -0.25) is 9.78 Å². The number of thiazole rings is 1. The lowest BCUT2D eigenvalue weighted by molar-refractivity contribution is 0.103. The number of amides is 1. The Bertz CT molecular complexity index is 1070. The molecule has 4 nitrogen and oxygen atoms in total. The molecule has 4 aromatic rings. The molecule has 1 aromatic carbocycles. The number of nitrogens with one attached hydrogen (secondary N) is 1. The fraction of sp³-hybridized carbons (Fsp3) is 0.0556. The van der Waals surface area contributed by atoms with Gasteiger partial charge in [-0.1, -0.05) is 23.7 Å². The molecule has 4 rings (SSSR count). The molecule has 1 N–H and O–H groups in total. The number of carbonyl (C=O) groups is 1. The fourth-order valence-corrected chi connectivity index (χ4v) is 4.53. The summed E-state index contributed by atoms with van der Waals surface area (Å²) in [6.07, 6.45) is 1.69. The van der Waals surface area contributed by atoms with E-state index in [1.807, 2.05) is 42.6 Å². The largest absolute Gasteiger partial charge is 0.319 e. The van der Waals surface area contributed by atoms with Crippen LogP contribution in [0.5, 0.6) is 0 Å². The van der Waals surface area contributed by atoms with Crippen LogP contribution in [0.1, 0.15) is 15.4 Å². The molecule has 0 saturated heterocycles. The van der Waals surface area contributed by atoms with E-state index in [-0.39, 0.29) is 5.91 Å². The van der Waals surface area contributed by atoms with Crippen LogP contribution >= 0.6 is 34.3 Å². The molecule has 7 heteroatoms. The van der Waals surface area contributed by atoms with Crippen molar-refractivity contribution in [2.45, 2.75) is 6.92 Å². The maximum atomic E-state index is 12.8. The molecule has 0 atom stereocenters. The van der Waals surface area contributed by atoms with Crippen LogP contribution in [-0.2, 0) is 0 Å². The van der Waals surface area contributed by atoms with Crippen LogP contribution in [0.3, 0.4) is 0 Å². The zero-order valence-corrected chi connectivity index (χ0v) is 15.5. The van der Waals surface area contributed by atoms with Crippen molar-refractivity contribution in [3.05, 3.63) is 63.6 Å². The molecule has 0 radical (unpaired) electrons. The SMILES string of the molecule is Cc1nc(-c2cccs2)sc1C(=O)Nc1cc(Cl)cc2cccnc12. The maximum absolute atomic E-state index is 12.8. The minimum absolute atomic E-state index is 0.202. The summed E-state index contributed by atoms with van der Waals surface area (Å²) in [7, 11) is 0. The second kappa shape index (κ2) is 6.55. The summed E-state index contributed by atoms with van der Waals surface area (Å²) in [4.78, 5) is 23.3. The molecule has 0 aliphatic rings. The lowest BCUT2D eigenvalue weighted by Gasteiger charge is -2.08. The van der Waals surface area contributed by atoms with Crippen LogP contribution in [0, 0.1) is 6.92 Å². The third kappa shape index (κ3) is 3.16. The standard InChI is InChI=1S/C18H12ClN3OS2/c1-10-16(25-18(21-10)14-5-3-7-24-14)17(23)22-13-9-12(19)8-11-4-2-6-20-15(11)13/h2-9H,1H3,(H,22,23). The summed E-state index contributed by atoms with van der Waals surface area (Å²) in [5.74, 6) is -0.202. The number of hydrogen-bond donors (Lipinski definition) is 1. The monoisotopic (exact) mass is 385 g/mol. The molecule has 3 aromatic heterocycles. The quantitative estimate of drug-likeness (QED) is 0.497. The van der Waals surface area contributed by atoms with Crippen LogP contribution in [-0.4, -0.2) is 15.9 Å². The lowest BCUT2D eigenvalue weighted by Crippen LogP contribution is -2.12. The normalized spacial score (nSPS) is 11.0. The van der Waals surface area contributed by atoms with E-state index in [0.29, 0.717) is 26.8 Å². The number of benzene rings is 1. The highest BCUT2D eigenvalue weighted by molar-refractivity contribution is 7.22. The zero-order chi connectivity index (χ0) is 17.4. The highest BCUT2D eigenvalue weighted by Crippen LogP contribution is 2.32. The third-order valence-corrected chi connectivity index (χ3v) is 6.07. The number of aromatic nitrogens is 2. The van der Waals surface area contributed by atoms with Gasteiger partial charge < -0.3 is 5.32 Å². The van der Waals surface area contributed by atoms with Gasteiger partial charge in [-0.05, 0) is 36.6 Å². The van der Waals surface area contributed by atoms with Gasteiger partial charge in [0.2, 0.25) is 0 Å². The van der Waals surface area contributed by atoms with E-state index in [0.717, 1.165) is 15.3 Å². The minimum atomic E-state index is -0.202. The van der Waals surface area contributed by atoms with E-state index in [2.05, 4.69) is 15.3 Å². The Hall–Kier alpha value is -2.28. The predicted octanol–water partition coefficient (Wildman–Crippen LogP) is 5.63. The molecule has 0 spiro atoms. The number of anilines is 1. The van der Waals surface area contributed by atoms with Crippen molar-refractivity contribution >= 4 is 56.8 Å². The Labute approximate surface area is 157 Å². The molecule has 0 aliphatic heterocycles. The number of hydrogen-bond acceptors (Lipinski definition) is 5. The second-order valence-corrected chi connectivity index (χ2v) is 7.78. The summed E-state index contributed by atoms with van der Waals surface area (Å²) >= 11 is 9.16. The Morgan fingerprint density at radius 1 is 1.24 bits per heavy atom. The molecule has 3 heterocycles. The predicted molar refractivity (Wildman–Crippen MR) is 105 cm³/mol. The Kier molecular flexibility index (Phi) is 4.25. The molecule has 0 bridgehead atoms. The van der Waals surface area contributed by atoms with E-state index >= 15 is 0 Å². The molecule has 0 unspecified atom stereocenters. The molecule has 1 amide bonds. The fourth-order valence-electron chi connectivity index (χ4n) is 2.54. The first kappa shape index (κ1) is 16.2. The van der Waals surface area contributed by atoms with Crippen LogP contribution in [0.15, 0.2) is 48.0 Å². The minimum Gasteiger partial charge on any atom is -0.319 e. The van der Waals surface area contributed by atoms with Crippen LogP contribution in [0.4, 0.5) is 5.69 Å². The molecule has 0 saturated carbocycles. The number of fused-ring (bicyclic) bond motifs is 1. The number of nitrogens with zero attached hydrogens (tertiary/aromatic N) is 2. The van der Waals surface area contributed by atoms with Gasteiger partial charge in [0.05, 0.1) is 21.8 Å². The molecular formula is C18H12ClN3OS2. The average molecular weight is 386 g/mol. The molecule has 0 fully saturated rings. The summed E-state index contributed by atoms with van der Waals surface area (Å²) in [6, 6.07) is 11.3. The van der Waals surface area contributed by atoms with Crippen molar-refractivity contribution < 1.29 is 4.79 Å². The van der Waals surface area contributed by atoms with Crippen LogP contribution in [0.25, 0.3) is 20.8 Å². The van der Waals surface area contributed by atoms with Gasteiger partial charge in [0.25, 0.3) is 5.91 Å². The van der Waals surface area contributed by atoms with Crippen molar-refractivity contribution in [1.29, 1.82) is 0 Å². The van der Waals surface area contributed by atoms with Crippen molar-refractivity contribution in [3.63, 3.8) is 0 Å². The summed E-state index contributed by atoms with van der Waals surface area (Å²) in [5.41, 5.74) is 2.02. The van der Waals surface area contributed by atoms with E-state index in [4.69, 9.17) is 11.6 Å². The Balaban J connectivity index is 1.69. The highest BCUT2D eigenvalue weighted by atomic mass is 35.5. The van der Waals surface area contributed by atoms with Gasteiger partial charge in [0, 0.05) is 16.6 Å². The summed E-state index contributed by atoms with van der Waals surface area (Å²) in [5, 5.41) is 7.21. The number of pyridine rings is 1. The number of rotatable bonds is 3. The highest BCUT2D eigenvalue weighted by Gasteiger charge is 2.18. The first-order valence-electron chi connectivity index (χ1n) is 7.49. The van der Waals surface area contributed by atoms with E-state index < -0.39 is 0 Å². The molecule has 25 heavy (non-hydrogen) atoms. The number of carbonyl (C=O) groups excluding carboxylic acids is 1. The average Bonchev–Trinajstić information content (AvgIpc) is 3.24. The number of thiophene rings is 1. The van der Waals surface area contributed by atoms with Crippen LogP contribution in [0.2, 0.25) is 5.02 Å². The Morgan fingerprint density at radius 3 is 2.92 bits per heavy atom. The van der Waals surface area contributed by atoms with Crippen molar-refractivity contribution in [2.24, 2.45) is 0 Å². The zero-order valence-electron chi connectivity index (χ0n) is 13.1. The first-order chi connectivity index (χ1) is 12.1. The van der Waals surface area contributed by atoms with Gasteiger partial charge >= 0.3 is 0 Å². The van der Waals surface area contributed by atoms with E-state index in [1.54, 1.807) is 23.6 Å². The van der Waals surface area contributed by atoms with Gasteiger partial charge in [-0.15, -0.1) is 22.7 Å². The van der Waals surface area contributed by atoms with Gasteiger partial charge in [-0.25, -0.2) is 4.98 Å². The third-order valence-electron chi connectivity index (χ3n) is 3.65. The number of aryl methyl sites for hydroxylation is 1. The summed E-state index contributed by atoms with van der Waals surface area (Å²) in [6.45, 7) is 1.84. The molecule has 0 aliphatic carbocycles. The van der Waals surface area contributed by atoms with Crippen molar-refractivity contribution in [1.82, 2.24) is 9.97 Å². The van der Waals surface area contributed by atoms with E-state index in [9.17, 15) is 4.79 Å². The van der Waals surface area contributed by atoms with E-state index in [1.165, 1.54) is 11.3 Å². The van der Waals surface area contributed by atoms with Crippen molar-refractivity contribution in [2.75, 3.05) is 5.32 Å². The Morgan fingerprint density at radius 2 is 2.12 bits per heavy atom. The number of halogens is 1. The molecule has 124 valence electrons. The van der Waals surface area contributed by atoms with Gasteiger partial charge in [0.15, 0.2) is 0 Å². The lowest BCUT2D eigenvalue weighted by atomic mass is 10.2. The van der Waals surface area contributed by atoms with Gasteiger partial charge in [0.1, 0.15) is 9.88 Å². The first-order valence-corrected chi connectivity index (χ1v) is 9.56. The van der Waals surface area contributed by atoms with Crippen LogP contribution < -0.4 is 5.32 Å². The van der Waals surface area contributed by atoms with Crippen molar-refractivity contribution in [3.8, 4) is 9.88 Å². The smallest absolute Gasteiger partial charge is 0.267 e.